The second kappa shape index (κ2) is 7.64. The minimum absolute atomic E-state index is 0.0182. The minimum atomic E-state index is 0.0182. The summed E-state index contributed by atoms with van der Waals surface area (Å²) in [4.78, 5) is 12.9. The third-order valence-corrected chi connectivity index (χ3v) is 13.2. The molecular weight excluding hydrogens is 458 g/mol. The van der Waals surface area contributed by atoms with Crippen LogP contribution in [0, 0.1) is 51.2 Å². The first-order valence-electron chi connectivity index (χ1n) is 14.7. The fourth-order valence-corrected chi connectivity index (χ4v) is 11.4. The van der Waals surface area contributed by atoms with Gasteiger partial charge in [0.2, 0.25) is 5.91 Å². The minimum Gasteiger partial charge on any atom is -0.382 e. The van der Waals surface area contributed by atoms with Crippen LogP contribution in [0.15, 0.2) is 11.6 Å². The molecule has 6 heteroatoms. The Bertz CT molecular complexity index is 1160. The van der Waals surface area contributed by atoms with E-state index < -0.39 is 0 Å². The molecule has 5 aliphatic rings. The molecule has 1 heterocycles. The molecule has 37 heavy (non-hydrogen) atoms. The van der Waals surface area contributed by atoms with Crippen molar-refractivity contribution in [1.29, 1.82) is 0 Å². The molecule has 1 aromatic heterocycles. The monoisotopic (exact) mass is 507 g/mol. The van der Waals surface area contributed by atoms with E-state index in [-0.39, 0.29) is 38.9 Å². The number of carbonyl (C=O) groups is 1. The fraction of sp³-hybridized carbons (Fsp3) is 0.806. The van der Waals surface area contributed by atoms with Gasteiger partial charge in [-0.3, -0.25) is 15.3 Å². The Labute approximate surface area is 223 Å². The van der Waals surface area contributed by atoms with Crippen LogP contribution in [0.4, 0.5) is 5.82 Å². The molecule has 0 saturated heterocycles. The molecule has 8 atom stereocenters. The molecule has 6 nitrogen and oxygen atoms in total. The van der Waals surface area contributed by atoms with Gasteiger partial charge in [0.15, 0.2) is 0 Å². The molecule has 6 rings (SSSR count). The number of nitrogens with two attached hydrogens (primary N) is 2. The Morgan fingerprint density at radius 1 is 1.05 bits per heavy atom. The number of hydrogen-bond acceptors (Lipinski definition) is 4. The zero-order valence-electron chi connectivity index (χ0n) is 24.1. The zero-order valence-corrected chi connectivity index (χ0v) is 24.1. The molecule has 0 aromatic carbocycles. The maximum atomic E-state index is 12.9. The molecule has 3 unspecified atom stereocenters. The fourth-order valence-electron chi connectivity index (χ4n) is 11.4. The van der Waals surface area contributed by atoms with E-state index in [1.807, 2.05) is 0 Å². The molecule has 1 amide bonds. The van der Waals surface area contributed by atoms with Gasteiger partial charge in [-0.15, -0.1) is 0 Å². The Kier molecular flexibility index (Phi) is 5.26. The average molecular weight is 508 g/mol. The number of allylic oxidation sites excluding steroid dienone is 2. The number of H-pyrrole nitrogens is 1. The molecule has 6 N–H and O–H groups in total. The topological polar surface area (TPSA) is 110 Å². The summed E-state index contributed by atoms with van der Waals surface area (Å²) >= 11 is 0. The predicted octanol–water partition coefficient (Wildman–Crippen LogP) is 5.65. The van der Waals surface area contributed by atoms with E-state index in [0.717, 1.165) is 25.7 Å². The smallest absolute Gasteiger partial charge is 0.237 e. The first kappa shape index (κ1) is 25.5. The van der Waals surface area contributed by atoms with Crippen LogP contribution in [0.3, 0.4) is 0 Å². The van der Waals surface area contributed by atoms with Crippen molar-refractivity contribution in [2.45, 2.75) is 105 Å². The van der Waals surface area contributed by atoms with Crippen LogP contribution >= 0.6 is 0 Å². The van der Waals surface area contributed by atoms with E-state index in [0.29, 0.717) is 29.5 Å². The first-order valence-corrected chi connectivity index (χ1v) is 14.7. The van der Waals surface area contributed by atoms with Crippen LogP contribution in [0.2, 0.25) is 0 Å². The van der Waals surface area contributed by atoms with Crippen molar-refractivity contribution >= 4 is 11.7 Å². The van der Waals surface area contributed by atoms with Gasteiger partial charge in [0.05, 0.1) is 0 Å². The normalized spacial score (nSPS) is 45.3. The number of fused-ring (bicyclic) bond motifs is 8. The maximum Gasteiger partial charge on any atom is 0.237 e. The second-order valence-corrected chi connectivity index (χ2v) is 15.7. The SMILES string of the molecule is CC1(C)CC2C3=CCC4[C@@]5(C)Cc6c(N)n[nH]c6C(C)(C)C5CC[C@@]4(C)[C@]3(C)CC[C@@H]2[C@H](C(=O)NN)C1. The lowest BCUT2D eigenvalue weighted by molar-refractivity contribution is -0.157. The number of rotatable bonds is 1. The van der Waals surface area contributed by atoms with Gasteiger partial charge in [0.25, 0.3) is 0 Å². The second-order valence-electron chi connectivity index (χ2n) is 15.7. The van der Waals surface area contributed by atoms with Gasteiger partial charge in [0.1, 0.15) is 5.82 Å². The van der Waals surface area contributed by atoms with Gasteiger partial charge in [-0.2, -0.15) is 5.10 Å². The molecule has 204 valence electrons. The van der Waals surface area contributed by atoms with Crippen molar-refractivity contribution < 1.29 is 4.79 Å². The predicted molar refractivity (Wildman–Crippen MR) is 148 cm³/mol. The van der Waals surface area contributed by atoms with Crippen molar-refractivity contribution in [3.63, 3.8) is 0 Å². The Hall–Kier alpha value is -1.82. The number of nitrogens with one attached hydrogen (secondary N) is 2. The van der Waals surface area contributed by atoms with Gasteiger partial charge in [-0.25, -0.2) is 5.84 Å². The number of hydrogen-bond donors (Lipinski definition) is 4. The summed E-state index contributed by atoms with van der Waals surface area (Å²) in [6, 6.07) is 0. The van der Waals surface area contributed by atoms with E-state index in [1.54, 1.807) is 5.57 Å². The maximum absolute atomic E-state index is 12.9. The number of amides is 1. The highest BCUT2D eigenvalue weighted by molar-refractivity contribution is 5.78. The molecule has 0 radical (unpaired) electrons. The molecule has 0 aliphatic heterocycles. The standard InChI is InChI=1S/C31H49N5O/c1-27(2)14-18-17(19(15-27)26(37)34-33)10-12-30(6)21(18)8-9-23-29(5)16-20-24(35-36-25(20)32)28(3,4)22(29)11-13-31(23,30)7/h8,17-19,22-23H,9-16,33H2,1-7H3,(H,34,37)(H3,32,35,36)/t17-,18?,19+,22?,23?,29-,30+,31+/m0/s1. The van der Waals surface area contributed by atoms with Gasteiger partial charge < -0.3 is 5.73 Å². The highest BCUT2D eigenvalue weighted by Gasteiger charge is 2.67. The number of aromatic amines is 1. The van der Waals surface area contributed by atoms with E-state index in [4.69, 9.17) is 11.6 Å². The lowest BCUT2D eigenvalue weighted by Gasteiger charge is -2.70. The van der Waals surface area contributed by atoms with Gasteiger partial charge in [0, 0.05) is 22.6 Å². The van der Waals surface area contributed by atoms with Crippen LogP contribution < -0.4 is 17.0 Å². The zero-order chi connectivity index (χ0) is 26.8. The Balaban J connectivity index is 1.43. The Morgan fingerprint density at radius 2 is 1.78 bits per heavy atom. The van der Waals surface area contributed by atoms with Crippen molar-refractivity contribution in [2.24, 2.45) is 57.1 Å². The molecule has 0 bridgehead atoms. The summed E-state index contributed by atoms with van der Waals surface area (Å²) in [5.41, 5.74) is 13.9. The lowest BCUT2D eigenvalue weighted by atomic mass is 9.34. The number of nitrogens with zero attached hydrogens (tertiary/aromatic N) is 1. The van der Waals surface area contributed by atoms with Crippen molar-refractivity contribution in [1.82, 2.24) is 15.6 Å². The highest BCUT2D eigenvalue weighted by Crippen LogP contribution is 2.74. The number of aromatic nitrogens is 2. The number of anilines is 1. The quantitative estimate of drug-likeness (QED) is 0.170. The average Bonchev–Trinajstić information content (AvgIpc) is 3.18. The van der Waals surface area contributed by atoms with Crippen molar-refractivity contribution in [3.8, 4) is 0 Å². The summed E-state index contributed by atoms with van der Waals surface area (Å²) in [5, 5.41) is 7.80. The summed E-state index contributed by atoms with van der Waals surface area (Å²) in [5.74, 6) is 8.53. The van der Waals surface area contributed by atoms with Gasteiger partial charge in [-0.05, 0) is 96.7 Å². The molecule has 1 aromatic rings. The molecule has 3 saturated carbocycles. The van der Waals surface area contributed by atoms with Crippen LogP contribution in [-0.4, -0.2) is 16.1 Å². The lowest BCUT2D eigenvalue weighted by Crippen LogP contribution is -2.64. The van der Waals surface area contributed by atoms with E-state index >= 15 is 0 Å². The molecule has 5 aliphatic carbocycles. The first-order chi connectivity index (χ1) is 17.2. The number of nitrogen functional groups attached to an aromatic ring is 1. The van der Waals surface area contributed by atoms with E-state index in [1.165, 1.54) is 36.9 Å². The van der Waals surface area contributed by atoms with Crippen molar-refractivity contribution in [3.05, 3.63) is 22.9 Å². The summed E-state index contributed by atoms with van der Waals surface area (Å²) in [6.45, 7) is 17.3. The highest BCUT2D eigenvalue weighted by atomic mass is 16.2. The largest absolute Gasteiger partial charge is 0.382 e. The number of carbonyl (C=O) groups excluding carboxylic acids is 1. The van der Waals surface area contributed by atoms with E-state index in [9.17, 15) is 4.79 Å². The Morgan fingerprint density at radius 3 is 2.49 bits per heavy atom. The molecular formula is C31H49N5O. The van der Waals surface area contributed by atoms with Crippen LogP contribution in [0.1, 0.15) is 105 Å². The van der Waals surface area contributed by atoms with Crippen LogP contribution in [-0.2, 0) is 16.6 Å². The van der Waals surface area contributed by atoms with Crippen LogP contribution in [0.5, 0.6) is 0 Å². The summed E-state index contributed by atoms with van der Waals surface area (Å²) in [6.07, 6.45) is 11.7. The van der Waals surface area contributed by atoms with Crippen molar-refractivity contribution in [2.75, 3.05) is 5.73 Å². The summed E-state index contributed by atoms with van der Waals surface area (Å²) in [7, 11) is 0. The van der Waals surface area contributed by atoms with E-state index in [2.05, 4.69) is 70.2 Å². The van der Waals surface area contributed by atoms with Crippen LogP contribution in [0.25, 0.3) is 0 Å². The summed E-state index contributed by atoms with van der Waals surface area (Å²) < 4.78 is 0. The third kappa shape index (κ3) is 3.14. The number of hydrazine groups is 1. The molecule has 0 spiro atoms. The molecule has 3 fully saturated rings. The van der Waals surface area contributed by atoms with Gasteiger partial charge in [-0.1, -0.05) is 60.1 Å². The third-order valence-electron chi connectivity index (χ3n) is 13.2. The van der Waals surface area contributed by atoms with Gasteiger partial charge >= 0.3 is 0 Å².